The van der Waals surface area contributed by atoms with Crippen LogP contribution in [0.2, 0.25) is 0 Å². The zero-order valence-electron chi connectivity index (χ0n) is 25.2. The number of aryl methyl sites for hydroxylation is 3. The molecule has 1 saturated carbocycles. The number of nitrogens with one attached hydrogen (secondary N) is 1. The fourth-order valence-corrected chi connectivity index (χ4v) is 6.85. The molecule has 1 fully saturated rings. The van der Waals surface area contributed by atoms with Crippen molar-refractivity contribution >= 4 is 27.5 Å². The van der Waals surface area contributed by atoms with Crippen molar-refractivity contribution in [1.82, 2.24) is 10.2 Å². The van der Waals surface area contributed by atoms with E-state index in [1.54, 1.807) is 41.3 Å². The quantitative estimate of drug-likeness (QED) is 0.294. The number of anilines is 1. The lowest BCUT2D eigenvalue weighted by atomic mass is 9.95. The lowest BCUT2D eigenvalue weighted by Crippen LogP contribution is -2.54. The molecule has 0 aromatic heterocycles. The van der Waals surface area contributed by atoms with Gasteiger partial charge in [-0.3, -0.25) is 13.9 Å². The molecule has 1 N–H and O–H groups in total. The summed E-state index contributed by atoms with van der Waals surface area (Å²) in [7, 11) is -4.08. The molecule has 0 bridgehead atoms. The van der Waals surface area contributed by atoms with Gasteiger partial charge in [0.2, 0.25) is 11.8 Å². The lowest BCUT2D eigenvalue weighted by molar-refractivity contribution is -0.140. The van der Waals surface area contributed by atoms with Crippen LogP contribution in [0.25, 0.3) is 0 Å². The van der Waals surface area contributed by atoms with Gasteiger partial charge >= 0.3 is 0 Å². The van der Waals surface area contributed by atoms with Crippen LogP contribution in [0.5, 0.6) is 0 Å². The fourth-order valence-electron chi connectivity index (χ4n) is 5.43. The van der Waals surface area contributed by atoms with Crippen molar-refractivity contribution in [2.45, 2.75) is 89.7 Å². The van der Waals surface area contributed by atoms with Gasteiger partial charge in [-0.15, -0.1) is 0 Å². The predicted molar refractivity (Wildman–Crippen MR) is 168 cm³/mol. The lowest BCUT2D eigenvalue weighted by Gasteiger charge is -2.34. The highest BCUT2D eigenvalue weighted by molar-refractivity contribution is 7.92. The molecule has 1 aliphatic carbocycles. The van der Waals surface area contributed by atoms with Crippen LogP contribution < -0.4 is 9.62 Å². The van der Waals surface area contributed by atoms with Gasteiger partial charge in [-0.2, -0.15) is 0 Å². The highest BCUT2D eigenvalue weighted by atomic mass is 32.2. The predicted octanol–water partition coefficient (Wildman–Crippen LogP) is 6.06. The normalized spacial score (nSPS) is 14.7. The van der Waals surface area contributed by atoms with Gasteiger partial charge < -0.3 is 10.2 Å². The van der Waals surface area contributed by atoms with Gasteiger partial charge in [0.25, 0.3) is 10.0 Å². The first-order chi connectivity index (χ1) is 20.1. The van der Waals surface area contributed by atoms with Gasteiger partial charge in [-0.1, -0.05) is 91.4 Å². The van der Waals surface area contributed by atoms with E-state index in [1.807, 2.05) is 64.1 Å². The van der Waals surface area contributed by atoms with Crippen LogP contribution in [-0.4, -0.2) is 43.8 Å². The summed E-state index contributed by atoms with van der Waals surface area (Å²) in [6, 6.07) is 20.9. The zero-order valence-corrected chi connectivity index (χ0v) is 26.0. The van der Waals surface area contributed by atoms with E-state index >= 15 is 0 Å². The molecule has 1 atom stereocenters. The molecule has 2 amide bonds. The SMILES string of the molecule is CCC(C(=O)NC1CCCCC1)N(Cc1ccc(C)cc1)C(=O)CN(c1ccc(C)cc1)S(=O)(=O)c1ccc(C)cc1. The number of hydrogen-bond donors (Lipinski definition) is 1. The van der Waals surface area contributed by atoms with Crippen LogP contribution in [0.1, 0.15) is 67.7 Å². The Labute approximate surface area is 251 Å². The first kappa shape index (κ1) is 31.3. The first-order valence-electron chi connectivity index (χ1n) is 14.9. The first-order valence-corrected chi connectivity index (χ1v) is 16.3. The average molecular weight is 590 g/mol. The number of carbonyl (C=O) groups is 2. The Hall–Kier alpha value is -3.65. The van der Waals surface area contributed by atoms with Gasteiger partial charge in [0, 0.05) is 12.6 Å². The summed E-state index contributed by atoms with van der Waals surface area (Å²) >= 11 is 0. The summed E-state index contributed by atoms with van der Waals surface area (Å²) in [6.07, 6.45) is 5.61. The van der Waals surface area contributed by atoms with E-state index in [0.717, 1.165) is 52.2 Å². The standard InChI is InChI=1S/C34H43N3O4S/c1-5-32(34(39)35-29-9-7-6-8-10-29)36(23-28-17-11-25(2)12-18-28)33(38)24-37(30-19-13-26(3)14-20-30)42(40,41)31-21-15-27(4)16-22-31/h11-22,29,32H,5-10,23-24H2,1-4H3,(H,35,39). The largest absolute Gasteiger partial charge is 0.352 e. The number of sulfonamides is 1. The third kappa shape index (κ3) is 7.79. The van der Waals surface area contributed by atoms with Crippen molar-refractivity contribution in [1.29, 1.82) is 0 Å². The van der Waals surface area contributed by atoms with Gasteiger partial charge in [-0.25, -0.2) is 8.42 Å². The maximum Gasteiger partial charge on any atom is 0.264 e. The summed E-state index contributed by atoms with van der Waals surface area (Å²) in [4.78, 5) is 29.5. The minimum atomic E-state index is -4.08. The monoisotopic (exact) mass is 589 g/mol. The van der Waals surface area contributed by atoms with Crippen molar-refractivity contribution in [3.63, 3.8) is 0 Å². The maximum absolute atomic E-state index is 14.2. The summed E-state index contributed by atoms with van der Waals surface area (Å²) in [5.74, 6) is -0.620. The molecule has 0 spiro atoms. The molecule has 7 nitrogen and oxygen atoms in total. The van der Waals surface area contributed by atoms with E-state index in [4.69, 9.17) is 0 Å². The van der Waals surface area contributed by atoms with Gasteiger partial charge in [0.15, 0.2) is 0 Å². The fraction of sp³-hybridized carbons (Fsp3) is 0.412. The van der Waals surface area contributed by atoms with Gasteiger partial charge in [0.05, 0.1) is 10.6 Å². The number of carbonyl (C=O) groups excluding carboxylic acids is 2. The maximum atomic E-state index is 14.2. The van der Waals surface area contributed by atoms with Crippen LogP contribution in [0.3, 0.4) is 0 Å². The summed E-state index contributed by atoms with van der Waals surface area (Å²) in [5, 5.41) is 3.19. The Balaban J connectivity index is 1.69. The van der Waals surface area contributed by atoms with Crippen molar-refractivity contribution in [2.24, 2.45) is 0 Å². The Bertz CT molecular complexity index is 1450. The van der Waals surface area contributed by atoms with E-state index in [-0.39, 0.29) is 23.4 Å². The van der Waals surface area contributed by atoms with E-state index < -0.39 is 28.5 Å². The van der Waals surface area contributed by atoms with Crippen molar-refractivity contribution in [3.05, 3.63) is 95.1 Å². The molecule has 3 aromatic carbocycles. The number of hydrogen-bond acceptors (Lipinski definition) is 4. The van der Waals surface area contributed by atoms with Crippen molar-refractivity contribution < 1.29 is 18.0 Å². The summed E-state index contributed by atoms with van der Waals surface area (Å²) in [6.45, 7) is 7.47. The molecule has 0 saturated heterocycles. The second kappa shape index (κ2) is 14.0. The summed E-state index contributed by atoms with van der Waals surface area (Å²) in [5.41, 5.74) is 4.27. The smallest absolute Gasteiger partial charge is 0.264 e. The molecule has 0 aliphatic heterocycles. The molecule has 224 valence electrons. The minimum absolute atomic E-state index is 0.0996. The number of amides is 2. The molecular weight excluding hydrogens is 546 g/mol. The van der Waals surface area contributed by atoms with Gasteiger partial charge in [0.1, 0.15) is 12.6 Å². The molecule has 0 heterocycles. The molecule has 42 heavy (non-hydrogen) atoms. The highest BCUT2D eigenvalue weighted by Gasteiger charge is 2.34. The van der Waals surface area contributed by atoms with E-state index in [0.29, 0.717) is 12.1 Å². The molecule has 4 rings (SSSR count). The van der Waals surface area contributed by atoms with Crippen LogP contribution >= 0.6 is 0 Å². The summed E-state index contributed by atoms with van der Waals surface area (Å²) < 4.78 is 29.1. The Morgan fingerprint density at radius 1 is 0.810 bits per heavy atom. The number of nitrogens with zero attached hydrogens (tertiary/aromatic N) is 2. The third-order valence-electron chi connectivity index (χ3n) is 8.02. The molecule has 1 aliphatic rings. The topological polar surface area (TPSA) is 86.8 Å². The van der Waals surface area contributed by atoms with Crippen molar-refractivity contribution in [2.75, 3.05) is 10.8 Å². The van der Waals surface area contributed by atoms with Gasteiger partial charge in [-0.05, 0) is 69.9 Å². The minimum Gasteiger partial charge on any atom is -0.352 e. The Kier molecular flexibility index (Phi) is 10.4. The van der Waals surface area contributed by atoms with Crippen LogP contribution in [0, 0.1) is 20.8 Å². The van der Waals surface area contributed by atoms with Crippen LogP contribution in [0.15, 0.2) is 77.7 Å². The molecule has 0 radical (unpaired) electrons. The third-order valence-corrected chi connectivity index (χ3v) is 9.81. The number of benzene rings is 3. The molecule has 1 unspecified atom stereocenters. The van der Waals surface area contributed by atoms with Crippen LogP contribution in [-0.2, 0) is 26.2 Å². The Morgan fingerprint density at radius 3 is 1.88 bits per heavy atom. The van der Waals surface area contributed by atoms with E-state index in [2.05, 4.69) is 5.32 Å². The van der Waals surface area contributed by atoms with Crippen LogP contribution in [0.4, 0.5) is 5.69 Å². The van der Waals surface area contributed by atoms with E-state index in [9.17, 15) is 18.0 Å². The average Bonchev–Trinajstić information content (AvgIpc) is 2.98. The zero-order chi connectivity index (χ0) is 30.3. The number of rotatable bonds is 11. The van der Waals surface area contributed by atoms with Crippen molar-refractivity contribution in [3.8, 4) is 0 Å². The second-order valence-electron chi connectivity index (χ2n) is 11.4. The second-order valence-corrected chi connectivity index (χ2v) is 13.3. The highest BCUT2D eigenvalue weighted by Crippen LogP contribution is 2.26. The molecular formula is C34H43N3O4S. The van der Waals surface area contributed by atoms with E-state index in [1.165, 1.54) is 6.42 Å². The molecule has 8 heteroatoms. The molecule has 3 aromatic rings. The Morgan fingerprint density at radius 2 is 1.33 bits per heavy atom.